The van der Waals surface area contributed by atoms with Crippen LogP contribution in [0.2, 0.25) is 0 Å². The first kappa shape index (κ1) is 20.0. The van der Waals surface area contributed by atoms with Crippen molar-refractivity contribution in [3.63, 3.8) is 0 Å². The van der Waals surface area contributed by atoms with E-state index in [1.54, 1.807) is 11.2 Å². The van der Waals surface area contributed by atoms with E-state index >= 15 is 0 Å². The number of aromatic nitrogens is 4. The first-order valence-corrected chi connectivity index (χ1v) is 9.90. The summed E-state index contributed by atoms with van der Waals surface area (Å²) in [4.78, 5) is 27.8. The molecule has 0 saturated carbocycles. The van der Waals surface area contributed by atoms with Crippen LogP contribution in [0, 0.1) is 5.41 Å². The fourth-order valence-electron chi connectivity index (χ4n) is 4.61. The van der Waals surface area contributed by atoms with E-state index in [0.29, 0.717) is 23.4 Å². The maximum atomic E-state index is 13.3. The van der Waals surface area contributed by atoms with Gasteiger partial charge in [0.05, 0.1) is 11.9 Å². The van der Waals surface area contributed by atoms with Gasteiger partial charge in [0.1, 0.15) is 24.0 Å². The van der Waals surface area contributed by atoms with Crippen LogP contribution in [0.4, 0.5) is 5.82 Å². The smallest absolute Gasteiger partial charge is 0.258 e. The molecule has 2 aromatic rings. The molecule has 2 saturated heterocycles. The molecule has 2 unspecified atom stereocenters. The normalized spacial score (nSPS) is 30.0. The number of rotatable bonds is 3. The van der Waals surface area contributed by atoms with Crippen LogP contribution >= 0.6 is 0 Å². The van der Waals surface area contributed by atoms with Gasteiger partial charge in [-0.1, -0.05) is 20.8 Å². The van der Waals surface area contributed by atoms with Crippen molar-refractivity contribution in [3.8, 4) is 0 Å². The van der Waals surface area contributed by atoms with Gasteiger partial charge in [-0.2, -0.15) is 0 Å². The predicted octanol–water partition coefficient (Wildman–Crippen LogP) is 2.14. The average Bonchev–Trinajstić information content (AvgIpc) is 3.16. The van der Waals surface area contributed by atoms with Crippen LogP contribution in [-0.2, 0) is 14.3 Å². The van der Waals surface area contributed by atoms with Gasteiger partial charge in [0, 0.05) is 7.05 Å². The van der Waals surface area contributed by atoms with Crippen LogP contribution in [0.1, 0.15) is 54.2 Å². The number of anilines is 1. The van der Waals surface area contributed by atoms with Gasteiger partial charge in [-0.05, 0) is 32.6 Å². The molecular weight excluding hydrogens is 372 g/mol. The number of morpholine rings is 1. The zero-order chi connectivity index (χ0) is 21.4. The molecule has 0 aromatic carbocycles. The van der Waals surface area contributed by atoms with Gasteiger partial charge in [0.15, 0.2) is 23.3 Å². The molecule has 2 bridgehead atoms. The molecule has 4 atom stereocenters. The summed E-state index contributed by atoms with van der Waals surface area (Å²) in [5.74, 6) is 0.273. The van der Waals surface area contributed by atoms with Crippen molar-refractivity contribution in [1.82, 2.24) is 24.4 Å². The van der Waals surface area contributed by atoms with Crippen molar-refractivity contribution in [1.29, 1.82) is 0 Å². The van der Waals surface area contributed by atoms with E-state index in [4.69, 9.17) is 15.2 Å². The molecule has 29 heavy (non-hydrogen) atoms. The topological polar surface area (TPSA) is 108 Å². The molecule has 0 spiro atoms. The number of fused-ring (bicyclic) bond motifs is 3. The van der Waals surface area contributed by atoms with Gasteiger partial charge in [-0.15, -0.1) is 0 Å². The van der Waals surface area contributed by atoms with Crippen molar-refractivity contribution >= 4 is 22.9 Å². The van der Waals surface area contributed by atoms with E-state index in [1.807, 2.05) is 32.4 Å². The third kappa shape index (κ3) is 3.07. The minimum atomic E-state index is -1.06. The second kappa shape index (κ2) is 6.12. The van der Waals surface area contributed by atoms with Crippen molar-refractivity contribution in [2.45, 2.75) is 77.5 Å². The Morgan fingerprint density at radius 2 is 1.90 bits per heavy atom. The number of likely N-dealkylation sites (tertiary alicyclic amines) is 1. The lowest BCUT2D eigenvalue weighted by Crippen LogP contribution is -2.52. The predicted molar refractivity (Wildman–Crippen MR) is 108 cm³/mol. The highest BCUT2D eigenvalue weighted by molar-refractivity contribution is 5.90. The molecule has 158 valence electrons. The van der Waals surface area contributed by atoms with E-state index < -0.39 is 23.5 Å². The SMILES string of the molecule is CN1C(=O)[C@]2(CC(C)(C)C)O[C@@H](n3cnc4c(N)ncnc43)C1C2OC(C)(C)C. The molecule has 2 N–H and O–H groups in total. The summed E-state index contributed by atoms with van der Waals surface area (Å²) >= 11 is 0. The fraction of sp³-hybridized carbons (Fsp3) is 0.700. The quantitative estimate of drug-likeness (QED) is 0.838. The number of carbonyl (C=O) groups excluding carboxylic acids is 1. The summed E-state index contributed by atoms with van der Waals surface area (Å²) < 4.78 is 14.9. The van der Waals surface area contributed by atoms with Crippen LogP contribution in [0.25, 0.3) is 11.2 Å². The lowest BCUT2D eigenvalue weighted by atomic mass is 9.79. The number of nitrogens with zero attached hydrogens (tertiary/aromatic N) is 5. The number of carbonyl (C=O) groups is 1. The van der Waals surface area contributed by atoms with E-state index in [-0.39, 0.29) is 17.4 Å². The number of imidazole rings is 1. The Balaban J connectivity index is 1.84. The van der Waals surface area contributed by atoms with Crippen molar-refractivity contribution in [2.75, 3.05) is 12.8 Å². The van der Waals surface area contributed by atoms with E-state index in [1.165, 1.54) is 6.33 Å². The Labute approximate surface area is 170 Å². The second-order valence-corrected chi connectivity index (χ2v) is 10.3. The molecule has 4 heterocycles. The summed E-state index contributed by atoms with van der Waals surface area (Å²) in [6.07, 6.45) is 2.71. The van der Waals surface area contributed by atoms with Gasteiger partial charge < -0.3 is 20.1 Å². The van der Waals surface area contributed by atoms with Gasteiger partial charge in [-0.3, -0.25) is 9.36 Å². The maximum Gasteiger partial charge on any atom is 0.258 e. The van der Waals surface area contributed by atoms with Crippen LogP contribution in [-0.4, -0.2) is 60.7 Å². The van der Waals surface area contributed by atoms with Gasteiger partial charge >= 0.3 is 0 Å². The molecule has 4 rings (SSSR count). The highest BCUT2D eigenvalue weighted by Gasteiger charge is 2.70. The Hall–Kier alpha value is -2.26. The molecule has 9 heteroatoms. The van der Waals surface area contributed by atoms with Gasteiger partial charge in [0.2, 0.25) is 0 Å². The number of hydrogen-bond acceptors (Lipinski definition) is 7. The third-order valence-electron chi connectivity index (χ3n) is 5.46. The molecule has 2 fully saturated rings. The Kier molecular flexibility index (Phi) is 4.23. The zero-order valence-corrected chi connectivity index (χ0v) is 18.1. The molecular formula is C20H30N6O3. The lowest BCUT2D eigenvalue weighted by molar-refractivity contribution is -0.186. The molecule has 9 nitrogen and oxygen atoms in total. The van der Waals surface area contributed by atoms with Crippen LogP contribution in [0.5, 0.6) is 0 Å². The van der Waals surface area contributed by atoms with Crippen molar-refractivity contribution in [2.24, 2.45) is 5.41 Å². The Bertz CT molecular complexity index is 959. The molecule has 2 aliphatic heterocycles. The minimum Gasteiger partial charge on any atom is -0.382 e. The van der Waals surface area contributed by atoms with Crippen LogP contribution in [0.15, 0.2) is 12.7 Å². The number of likely N-dealkylation sites (N-methyl/N-ethyl adjacent to an activating group) is 1. The van der Waals surface area contributed by atoms with Gasteiger partial charge in [0.25, 0.3) is 5.91 Å². The third-order valence-corrected chi connectivity index (χ3v) is 5.46. The first-order valence-electron chi connectivity index (χ1n) is 9.90. The molecule has 2 aromatic heterocycles. The second-order valence-electron chi connectivity index (χ2n) is 10.3. The van der Waals surface area contributed by atoms with Crippen LogP contribution in [0.3, 0.4) is 0 Å². The lowest BCUT2D eigenvalue weighted by Gasteiger charge is -2.38. The summed E-state index contributed by atoms with van der Waals surface area (Å²) in [5, 5.41) is 0. The van der Waals surface area contributed by atoms with E-state index in [9.17, 15) is 4.79 Å². The number of nitrogen functional groups attached to an aromatic ring is 1. The van der Waals surface area contributed by atoms with E-state index in [0.717, 1.165) is 0 Å². The zero-order valence-electron chi connectivity index (χ0n) is 18.1. The molecule has 0 aliphatic carbocycles. The average molecular weight is 402 g/mol. The number of hydrogen-bond donors (Lipinski definition) is 1. The Morgan fingerprint density at radius 3 is 2.52 bits per heavy atom. The molecule has 2 aliphatic rings. The fourth-order valence-corrected chi connectivity index (χ4v) is 4.61. The molecule has 1 amide bonds. The maximum absolute atomic E-state index is 13.3. The first-order chi connectivity index (χ1) is 13.3. The number of amides is 1. The highest BCUT2D eigenvalue weighted by Crippen LogP contribution is 2.53. The van der Waals surface area contributed by atoms with Crippen molar-refractivity contribution < 1.29 is 14.3 Å². The minimum absolute atomic E-state index is 0.0403. The highest BCUT2D eigenvalue weighted by atomic mass is 16.6. The standard InChI is InChI=1S/C20H30N6O3/c1-18(2,3)8-20-13(28-19(4,5)6)12(25(7)17(20)27)16(29-20)26-10-24-11-14(21)22-9-23-15(11)26/h9-10,12-13,16H,8H2,1-7H3,(H2,21,22,23)/t12?,13?,16-,20-/m1/s1. The van der Waals surface area contributed by atoms with Gasteiger partial charge in [-0.25, -0.2) is 15.0 Å². The summed E-state index contributed by atoms with van der Waals surface area (Å²) in [6.45, 7) is 12.3. The van der Waals surface area contributed by atoms with Crippen molar-refractivity contribution in [3.05, 3.63) is 12.7 Å². The molecule has 0 radical (unpaired) electrons. The largest absolute Gasteiger partial charge is 0.382 e. The summed E-state index contributed by atoms with van der Waals surface area (Å²) in [7, 11) is 1.81. The number of ether oxygens (including phenoxy) is 2. The monoisotopic (exact) mass is 402 g/mol. The summed E-state index contributed by atoms with van der Waals surface area (Å²) in [6, 6.07) is -0.308. The summed E-state index contributed by atoms with van der Waals surface area (Å²) in [5.41, 5.74) is 5.42. The van der Waals surface area contributed by atoms with Crippen LogP contribution < -0.4 is 5.73 Å². The van der Waals surface area contributed by atoms with E-state index in [2.05, 4.69) is 35.7 Å². The number of nitrogens with two attached hydrogens (primary N) is 1. The Morgan fingerprint density at radius 1 is 1.21 bits per heavy atom.